The average molecular weight is 394 g/mol. The van der Waals surface area contributed by atoms with E-state index in [0.717, 1.165) is 30.9 Å². The highest BCUT2D eigenvalue weighted by Crippen LogP contribution is 2.38. The van der Waals surface area contributed by atoms with E-state index in [2.05, 4.69) is 0 Å². The Morgan fingerprint density at radius 2 is 2.11 bits per heavy atom. The molecular weight excluding hydrogens is 380 g/mol. The summed E-state index contributed by atoms with van der Waals surface area (Å²) in [6.45, 7) is -0.0265. The first-order valence-electron chi connectivity index (χ1n) is 8.05. The Morgan fingerprint density at radius 1 is 1.22 bits per heavy atom. The zero-order chi connectivity index (χ0) is 18.8. The lowest BCUT2D eigenvalue weighted by Crippen LogP contribution is -1.96. The summed E-state index contributed by atoms with van der Waals surface area (Å²) in [5, 5.41) is 22.4. The van der Waals surface area contributed by atoms with Crippen molar-refractivity contribution in [2.24, 2.45) is 0 Å². The molecule has 0 aliphatic rings. The number of methoxy groups -OCH3 is 1. The fourth-order valence-corrected chi connectivity index (χ4v) is 4.65. The van der Waals surface area contributed by atoms with Gasteiger partial charge in [0, 0.05) is 11.5 Å². The first-order chi connectivity index (χ1) is 13.2. The number of phenols is 1. The van der Waals surface area contributed by atoms with Gasteiger partial charge in [-0.15, -0.1) is 22.7 Å². The van der Waals surface area contributed by atoms with Crippen LogP contribution in [0.3, 0.4) is 0 Å². The number of benzene rings is 2. The lowest BCUT2D eigenvalue weighted by molar-refractivity contribution is 0.329. The van der Waals surface area contributed by atoms with Gasteiger partial charge in [0.25, 0.3) is 0 Å². The summed E-state index contributed by atoms with van der Waals surface area (Å²) in [6, 6.07) is 11.1. The van der Waals surface area contributed by atoms with Gasteiger partial charge in [0.05, 0.1) is 22.0 Å². The summed E-state index contributed by atoms with van der Waals surface area (Å²) in [4.78, 5) is 4.71. The van der Waals surface area contributed by atoms with Crippen molar-refractivity contribution in [1.29, 1.82) is 5.26 Å². The molecule has 0 spiro atoms. The molecule has 0 unspecified atom stereocenters. The summed E-state index contributed by atoms with van der Waals surface area (Å²) in [5.41, 5.74) is 1.85. The quantitative estimate of drug-likeness (QED) is 0.497. The minimum absolute atomic E-state index is 0.0265. The van der Waals surface area contributed by atoms with Gasteiger partial charge in [0.1, 0.15) is 16.8 Å². The highest BCUT2D eigenvalue weighted by molar-refractivity contribution is 7.22. The second-order valence-corrected chi connectivity index (χ2v) is 7.63. The molecule has 7 heteroatoms. The number of ether oxygens (including phenoxy) is 2. The van der Waals surface area contributed by atoms with Crippen molar-refractivity contribution in [3.05, 3.63) is 46.3 Å². The van der Waals surface area contributed by atoms with E-state index in [4.69, 9.17) is 19.7 Å². The Balaban J connectivity index is 1.65. The van der Waals surface area contributed by atoms with Crippen molar-refractivity contribution in [3.8, 4) is 23.3 Å². The van der Waals surface area contributed by atoms with Gasteiger partial charge in [-0.05, 0) is 35.2 Å². The minimum Gasteiger partial charge on any atom is -0.507 e. The maximum absolute atomic E-state index is 10.1. The molecule has 5 nitrogen and oxygen atoms in total. The van der Waals surface area contributed by atoms with Crippen molar-refractivity contribution >= 4 is 55.1 Å². The molecule has 4 aromatic rings. The summed E-state index contributed by atoms with van der Waals surface area (Å²) >= 11 is 3.11. The van der Waals surface area contributed by atoms with Crippen LogP contribution in [0.1, 0.15) is 10.6 Å². The van der Waals surface area contributed by atoms with E-state index in [1.165, 1.54) is 11.3 Å². The van der Waals surface area contributed by atoms with Crippen molar-refractivity contribution < 1.29 is 14.6 Å². The maximum Gasteiger partial charge on any atom is 0.174 e. The summed E-state index contributed by atoms with van der Waals surface area (Å²) in [5.74, 6) is 1.39. The van der Waals surface area contributed by atoms with Crippen LogP contribution in [-0.2, 0) is 0 Å². The van der Waals surface area contributed by atoms with Crippen LogP contribution < -0.4 is 9.47 Å². The first-order valence-corrected chi connectivity index (χ1v) is 9.75. The van der Waals surface area contributed by atoms with Crippen LogP contribution in [0.4, 0.5) is 0 Å². The van der Waals surface area contributed by atoms with Gasteiger partial charge in [-0.1, -0.05) is 12.1 Å². The van der Waals surface area contributed by atoms with Crippen molar-refractivity contribution in [3.63, 3.8) is 0 Å². The number of thiophene rings is 1. The Bertz CT molecular complexity index is 1200. The molecule has 1 N–H and O–H groups in total. The van der Waals surface area contributed by atoms with Gasteiger partial charge in [0.15, 0.2) is 18.1 Å². The fourth-order valence-electron chi connectivity index (χ4n) is 2.76. The SMILES string of the molecule is COc1cc(/C=C/c2nc3c(cc(O)c4ccsc43)s2)ccc1OCC#N. The topological polar surface area (TPSA) is 75.4 Å². The Kier molecular flexibility index (Phi) is 4.67. The zero-order valence-electron chi connectivity index (χ0n) is 14.3. The molecule has 2 aromatic carbocycles. The number of phenolic OH excluding ortho intramolecular Hbond substituents is 1. The second-order valence-electron chi connectivity index (χ2n) is 5.65. The predicted octanol–water partition coefficient (Wildman–Crippen LogP) is 5.30. The number of aromatic nitrogens is 1. The van der Waals surface area contributed by atoms with Crippen LogP contribution in [0, 0.1) is 11.3 Å². The normalized spacial score (nSPS) is 11.3. The summed E-state index contributed by atoms with van der Waals surface area (Å²) < 4.78 is 12.6. The van der Waals surface area contributed by atoms with Crippen LogP contribution in [0.5, 0.6) is 17.2 Å². The number of hydrogen-bond acceptors (Lipinski definition) is 7. The van der Waals surface area contributed by atoms with E-state index in [0.29, 0.717) is 11.5 Å². The average Bonchev–Trinajstić information content (AvgIpc) is 3.32. The molecule has 0 aliphatic heterocycles. The highest BCUT2D eigenvalue weighted by atomic mass is 32.1. The molecule has 0 bridgehead atoms. The molecule has 0 atom stereocenters. The van der Waals surface area contributed by atoms with Crippen LogP contribution in [-0.4, -0.2) is 23.8 Å². The molecule has 2 aromatic heterocycles. The van der Waals surface area contributed by atoms with Crippen molar-refractivity contribution in [1.82, 2.24) is 4.98 Å². The molecule has 0 fully saturated rings. The van der Waals surface area contributed by atoms with Crippen LogP contribution in [0.2, 0.25) is 0 Å². The zero-order valence-corrected chi connectivity index (χ0v) is 15.9. The summed E-state index contributed by atoms with van der Waals surface area (Å²) in [7, 11) is 1.56. The molecule has 4 rings (SSSR count). The Hall–Kier alpha value is -3.08. The third kappa shape index (κ3) is 3.33. The highest BCUT2D eigenvalue weighted by Gasteiger charge is 2.11. The molecule has 0 saturated heterocycles. The lowest BCUT2D eigenvalue weighted by atomic mass is 10.2. The van der Waals surface area contributed by atoms with Crippen LogP contribution in [0.25, 0.3) is 32.5 Å². The van der Waals surface area contributed by atoms with E-state index in [1.54, 1.807) is 30.6 Å². The van der Waals surface area contributed by atoms with Gasteiger partial charge >= 0.3 is 0 Å². The Morgan fingerprint density at radius 3 is 2.93 bits per heavy atom. The molecule has 134 valence electrons. The fraction of sp³-hybridized carbons (Fsp3) is 0.100. The number of hydrogen-bond donors (Lipinski definition) is 1. The molecule has 0 amide bonds. The van der Waals surface area contributed by atoms with Gasteiger partial charge < -0.3 is 14.6 Å². The van der Waals surface area contributed by atoms with Gasteiger partial charge in [-0.3, -0.25) is 0 Å². The predicted molar refractivity (Wildman–Crippen MR) is 110 cm³/mol. The van der Waals surface area contributed by atoms with Gasteiger partial charge in [-0.25, -0.2) is 4.98 Å². The largest absolute Gasteiger partial charge is 0.507 e. The molecule has 2 heterocycles. The smallest absolute Gasteiger partial charge is 0.174 e. The monoisotopic (exact) mass is 394 g/mol. The number of nitrogens with zero attached hydrogens (tertiary/aromatic N) is 2. The third-order valence-corrected chi connectivity index (χ3v) is 5.88. The van der Waals surface area contributed by atoms with Gasteiger partial charge in [-0.2, -0.15) is 5.26 Å². The number of rotatable bonds is 5. The van der Waals surface area contributed by atoms with E-state index in [-0.39, 0.29) is 12.4 Å². The summed E-state index contributed by atoms with van der Waals surface area (Å²) in [6.07, 6.45) is 3.88. The number of nitriles is 1. The second kappa shape index (κ2) is 7.27. The van der Waals surface area contributed by atoms with E-state index < -0.39 is 0 Å². The molecule has 0 aliphatic carbocycles. The Labute approximate surface area is 163 Å². The van der Waals surface area contributed by atoms with E-state index >= 15 is 0 Å². The van der Waals surface area contributed by atoms with Crippen LogP contribution in [0.15, 0.2) is 35.7 Å². The number of aromatic hydroxyl groups is 1. The minimum atomic E-state index is -0.0265. The lowest BCUT2D eigenvalue weighted by Gasteiger charge is -2.08. The van der Waals surface area contributed by atoms with E-state index in [1.807, 2.05) is 41.8 Å². The molecule has 27 heavy (non-hydrogen) atoms. The third-order valence-electron chi connectivity index (χ3n) is 3.99. The maximum atomic E-state index is 10.1. The molecule has 0 radical (unpaired) electrons. The first kappa shape index (κ1) is 17.3. The van der Waals surface area contributed by atoms with Crippen molar-refractivity contribution in [2.75, 3.05) is 13.7 Å². The number of fused-ring (bicyclic) bond motifs is 3. The van der Waals surface area contributed by atoms with E-state index in [9.17, 15) is 5.11 Å². The van der Waals surface area contributed by atoms with Crippen LogP contribution >= 0.6 is 22.7 Å². The van der Waals surface area contributed by atoms with Gasteiger partial charge in [0.2, 0.25) is 0 Å². The molecule has 0 saturated carbocycles. The molecular formula is C20H14N2O3S2. The number of thiazole rings is 1. The van der Waals surface area contributed by atoms with Crippen molar-refractivity contribution in [2.45, 2.75) is 0 Å². The standard InChI is InChI=1S/C20H14N2O3S2/c1-24-16-10-12(2-4-15(16)25-8-7-21)3-5-18-22-19-17(27-18)11-14(23)13-6-9-26-20(13)19/h2-6,9-11,23H,8H2,1H3/b5-3+.